The molecule has 1 aliphatic heterocycles. The third kappa shape index (κ3) is 6.71. The van der Waals surface area contributed by atoms with Gasteiger partial charge in [-0.15, -0.1) is 0 Å². The maximum Gasteiger partial charge on any atom is 0.165 e. The third-order valence-electron chi connectivity index (χ3n) is 7.37. The van der Waals surface area contributed by atoms with Gasteiger partial charge in [0.2, 0.25) is 0 Å². The Labute approximate surface area is 202 Å². The smallest absolute Gasteiger partial charge is 0.165 e. The highest BCUT2D eigenvalue weighted by Crippen LogP contribution is 2.30. The molecule has 1 N–H and O–H groups in total. The average Bonchev–Trinajstić information content (AvgIpc) is 3.06. The van der Waals surface area contributed by atoms with E-state index in [0.29, 0.717) is 13.2 Å². The van der Waals surface area contributed by atoms with Gasteiger partial charge in [-0.25, -0.2) is 4.39 Å². The monoisotopic (exact) mass is 471 g/mol. The highest BCUT2D eigenvalue weighted by atomic mass is 19.1. The van der Waals surface area contributed by atoms with E-state index in [4.69, 9.17) is 14.2 Å². The summed E-state index contributed by atoms with van der Waals surface area (Å²) in [5, 5.41) is 10.6. The van der Waals surface area contributed by atoms with Gasteiger partial charge in [0.25, 0.3) is 0 Å². The van der Waals surface area contributed by atoms with Crippen molar-refractivity contribution in [2.75, 3.05) is 33.4 Å². The fraction of sp³-hybridized carbons (Fsp3) is 0.571. The average molecular weight is 472 g/mol. The van der Waals surface area contributed by atoms with Crippen LogP contribution in [0.1, 0.15) is 56.9 Å². The minimum absolute atomic E-state index is 0.276. The zero-order valence-corrected chi connectivity index (χ0v) is 20.3. The van der Waals surface area contributed by atoms with Crippen LogP contribution in [0.15, 0.2) is 48.5 Å². The van der Waals surface area contributed by atoms with Crippen LogP contribution in [0.3, 0.4) is 0 Å². The number of methoxy groups -OCH3 is 1. The van der Waals surface area contributed by atoms with E-state index >= 15 is 0 Å². The molecular formula is C28H38FNO4. The standard InChI is InChI=1S/C28H38FNO4/c1-32-28(22-34-26-9-4-3-8-25(26)29)16-7-18-30(19-17-28)20-23-10-12-24(13-11-23)33-21-27(31)14-5-2-6-15-27/h3-4,8-13,31H,2,5-7,14-22H2,1H3/t28-/m0/s1. The van der Waals surface area contributed by atoms with Crippen LogP contribution in [0.4, 0.5) is 4.39 Å². The zero-order chi connectivity index (χ0) is 23.9. The number of benzene rings is 2. The van der Waals surface area contributed by atoms with Crippen LogP contribution in [-0.2, 0) is 11.3 Å². The third-order valence-corrected chi connectivity index (χ3v) is 7.37. The molecule has 1 atom stereocenters. The number of likely N-dealkylation sites (tertiary alicyclic amines) is 1. The summed E-state index contributed by atoms with van der Waals surface area (Å²) < 4.78 is 31.6. The Bertz CT molecular complexity index is 900. The Morgan fingerprint density at radius 2 is 1.62 bits per heavy atom. The van der Waals surface area contributed by atoms with Gasteiger partial charge < -0.3 is 19.3 Å². The van der Waals surface area contributed by atoms with E-state index in [1.54, 1.807) is 25.3 Å². The Morgan fingerprint density at radius 3 is 2.35 bits per heavy atom. The van der Waals surface area contributed by atoms with Crippen LogP contribution in [0.5, 0.6) is 11.5 Å². The second-order valence-electron chi connectivity index (χ2n) is 9.95. The van der Waals surface area contributed by atoms with Crippen molar-refractivity contribution in [3.8, 4) is 11.5 Å². The molecule has 4 rings (SSSR count). The lowest BCUT2D eigenvalue weighted by molar-refractivity contribution is -0.0548. The molecular weight excluding hydrogens is 433 g/mol. The first-order valence-electron chi connectivity index (χ1n) is 12.6. The molecule has 1 saturated heterocycles. The van der Waals surface area contributed by atoms with Crippen LogP contribution in [0, 0.1) is 5.82 Å². The number of rotatable bonds is 9. The quantitative estimate of drug-likeness (QED) is 0.534. The number of nitrogens with zero attached hydrogens (tertiary/aromatic N) is 1. The van der Waals surface area contributed by atoms with Crippen molar-refractivity contribution in [2.45, 2.75) is 69.1 Å². The molecule has 186 valence electrons. The van der Waals surface area contributed by atoms with E-state index in [1.165, 1.54) is 18.1 Å². The summed E-state index contributed by atoms with van der Waals surface area (Å²) >= 11 is 0. The number of hydrogen-bond donors (Lipinski definition) is 1. The number of ether oxygens (including phenoxy) is 3. The molecule has 1 aliphatic carbocycles. The summed E-state index contributed by atoms with van der Waals surface area (Å²) in [7, 11) is 1.73. The largest absolute Gasteiger partial charge is 0.491 e. The van der Waals surface area contributed by atoms with Crippen LogP contribution in [-0.4, -0.2) is 54.6 Å². The van der Waals surface area contributed by atoms with Gasteiger partial charge in [0, 0.05) is 20.2 Å². The van der Waals surface area contributed by atoms with Gasteiger partial charge in [0.15, 0.2) is 11.6 Å². The summed E-state index contributed by atoms with van der Waals surface area (Å²) in [4.78, 5) is 2.43. The van der Waals surface area contributed by atoms with Gasteiger partial charge in [-0.1, -0.05) is 43.5 Å². The summed E-state index contributed by atoms with van der Waals surface area (Å²) in [5.41, 5.74) is 0.150. The molecule has 2 aliphatic rings. The van der Waals surface area contributed by atoms with Crippen LogP contribution < -0.4 is 9.47 Å². The highest BCUT2D eigenvalue weighted by molar-refractivity contribution is 5.27. The van der Waals surface area contributed by atoms with Crippen molar-refractivity contribution in [1.82, 2.24) is 4.90 Å². The second kappa shape index (κ2) is 11.5. The maximum atomic E-state index is 14.0. The van der Waals surface area contributed by atoms with Crippen molar-refractivity contribution < 1.29 is 23.7 Å². The van der Waals surface area contributed by atoms with Gasteiger partial charge in [-0.3, -0.25) is 4.90 Å². The molecule has 2 aromatic carbocycles. The molecule has 2 fully saturated rings. The molecule has 34 heavy (non-hydrogen) atoms. The number of hydrogen-bond acceptors (Lipinski definition) is 5. The molecule has 5 nitrogen and oxygen atoms in total. The predicted molar refractivity (Wildman–Crippen MR) is 131 cm³/mol. The molecule has 0 radical (unpaired) electrons. The maximum absolute atomic E-state index is 14.0. The first-order valence-corrected chi connectivity index (χ1v) is 12.6. The van der Waals surface area contributed by atoms with Crippen molar-refractivity contribution in [1.29, 1.82) is 0 Å². The van der Waals surface area contributed by atoms with Crippen molar-refractivity contribution >= 4 is 0 Å². The molecule has 1 saturated carbocycles. The summed E-state index contributed by atoms with van der Waals surface area (Å²) in [6, 6.07) is 14.7. The Balaban J connectivity index is 1.27. The van der Waals surface area contributed by atoms with Gasteiger partial charge in [0.1, 0.15) is 24.6 Å². The van der Waals surface area contributed by atoms with Crippen molar-refractivity contribution in [3.63, 3.8) is 0 Å². The van der Waals surface area contributed by atoms with Crippen LogP contribution >= 0.6 is 0 Å². The lowest BCUT2D eigenvalue weighted by Gasteiger charge is -2.31. The Kier molecular flexibility index (Phi) is 8.46. The predicted octanol–water partition coefficient (Wildman–Crippen LogP) is 5.35. The van der Waals surface area contributed by atoms with Crippen molar-refractivity contribution in [3.05, 3.63) is 59.9 Å². The minimum Gasteiger partial charge on any atom is -0.491 e. The molecule has 2 aromatic rings. The fourth-order valence-electron chi connectivity index (χ4n) is 5.08. The second-order valence-corrected chi connectivity index (χ2v) is 9.95. The molecule has 0 amide bonds. The lowest BCUT2D eigenvalue weighted by atomic mass is 9.85. The van der Waals surface area contributed by atoms with E-state index < -0.39 is 11.2 Å². The molecule has 6 heteroatoms. The highest BCUT2D eigenvalue weighted by Gasteiger charge is 2.34. The van der Waals surface area contributed by atoms with E-state index in [2.05, 4.69) is 17.0 Å². The molecule has 0 aromatic heterocycles. The molecule has 0 bridgehead atoms. The van der Waals surface area contributed by atoms with E-state index in [-0.39, 0.29) is 11.6 Å². The molecule has 0 unspecified atom stereocenters. The first-order chi connectivity index (χ1) is 16.5. The Morgan fingerprint density at radius 1 is 0.853 bits per heavy atom. The summed E-state index contributed by atoms with van der Waals surface area (Å²) in [6.07, 6.45) is 7.72. The first kappa shape index (κ1) is 25.0. The van der Waals surface area contributed by atoms with Gasteiger partial charge in [-0.2, -0.15) is 0 Å². The normalized spacial score (nSPS) is 23.3. The van der Waals surface area contributed by atoms with Gasteiger partial charge in [0.05, 0.1) is 5.60 Å². The van der Waals surface area contributed by atoms with E-state index in [1.807, 2.05) is 12.1 Å². The number of aliphatic hydroxyl groups is 1. The minimum atomic E-state index is -0.674. The van der Waals surface area contributed by atoms with Crippen LogP contribution in [0.25, 0.3) is 0 Å². The van der Waals surface area contributed by atoms with Gasteiger partial charge >= 0.3 is 0 Å². The van der Waals surface area contributed by atoms with Crippen LogP contribution in [0.2, 0.25) is 0 Å². The number of para-hydroxylation sites is 1. The van der Waals surface area contributed by atoms with E-state index in [0.717, 1.165) is 70.3 Å². The topological polar surface area (TPSA) is 51.2 Å². The number of halogens is 1. The summed E-state index contributed by atoms with van der Waals surface area (Å²) in [6.45, 7) is 3.44. The molecule has 1 heterocycles. The van der Waals surface area contributed by atoms with E-state index in [9.17, 15) is 9.50 Å². The SMILES string of the molecule is CO[C@@]1(COc2ccccc2F)CCCN(Cc2ccc(OCC3(O)CCCCC3)cc2)CC1. The summed E-state index contributed by atoms with van der Waals surface area (Å²) in [5.74, 6) is 0.740. The van der Waals surface area contributed by atoms with Gasteiger partial charge in [-0.05, 0) is 68.5 Å². The molecule has 0 spiro atoms. The lowest BCUT2D eigenvalue weighted by Crippen LogP contribution is -2.39. The van der Waals surface area contributed by atoms with Crippen molar-refractivity contribution in [2.24, 2.45) is 0 Å². The zero-order valence-electron chi connectivity index (χ0n) is 20.3. The fourth-order valence-corrected chi connectivity index (χ4v) is 5.08. The Hall–Kier alpha value is -2.15.